The topological polar surface area (TPSA) is 91.3 Å². The number of carbonyl (C=O) groups is 2. The number of fused-ring (bicyclic) bond motifs is 3. The van der Waals surface area contributed by atoms with Gasteiger partial charge in [-0.05, 0) is 54.1 Å². The lowest BCUT2D eigenvalue weighted by Gasteiger charge is -2.11. The Morgan fingerprint density at radius 3 is 2.77 bits per heavy atom. The SMILES string of the molecule is O=C(Cc1cccc(Nc2nc3cc(C(=O)O)ccc3c3sccc23)c1)NC1CC1. The summed E-state index contributed by atoms with van der Waals surface area (Å²) in [5.41, 5.74) is 2.60. The van der Waals surface area contributed by atoms with Crippen LogP contribution in [0.5, 0.6) is 0 Å². The van der Waals surface area contributed by atoms with E-state index in [1.165, 1.54) is 0 Å². The van der Waals surface area contributed by atoms with Gasteiger partial charge < -0.3 is 15.7 Å². The molecule has 1 amide bonds. The number of pyridine rings is 1. The molecule has 1 aliphatic carbocycles. The largest absolute Gasteiger partial charge is 0.478 e. The number of hydrogen-bond donors (Lipinski definition) is 3. The van der Waals surface area contributed by atoms with E-state index in [0.717, 1.165) is 39.6 Å². The summed E-state index contributed by atoms with van der Waals surface area (Å²) in [6.07, 6.45) is 2.48. The van der Waals surface area contributed by atoms with E-state index < -0.39 is 5.97 Å². The molecule has 0 spiro atoms. The lowest BCUT2D eigenvalue weighted by molar-refractivity contribution is -0.120. The van der Waals surface area contributed by atoms with Gasteiger partial charge in [-0.25, -0.2) is 9.78 Å². The summed E-state index contributed by atoms with van der Waals surface area (Å²) < 4.78 is 1.06. The molecule has 0 unspecified atom stereocenters. The number of aromatic nitrogens is 1. The summed E-state index contributed by atoms with van der Waals surface area (Å²) >= 11 is 1.60. The summed E-state index contributed by atoms with van der Waals surface area (Å²) in [7, 11) is 0. The Morgan fingerprint density at radius 1 is 1.10 bits per heavy atom. The van der Waals surface area contributed by atoms with E-state index in [1.54, 1.807) is 23.5 Å². The minimum absolute atomic E-state index is 0.0416. The van der Waals surface area contributed by atoms with Gasteiger partial charge in [-0.15, -0.1) is 11.3 Å². The summed E-state index contributed by atoms with van der Waals surface area (Å²) in [4.78, 5) is 28.2. The molecule has 0 atom stereocenters. The molecule has 0 aliphatic heterocycles. The molecular formula is C23H19N3O3S. The minimum atomic E-state index is -0.975. The molecular weight excluding hydrogens is 398 g/mol. The third kappa shape index (κ3) is 3.71. The number of thiophene rings is 1. The molecule has 30 heavy (non-hydrogen) atoms. The number of rotatable bonds is 6. The van der Waals surface area contributed by atoms with Crippen LogP contribution in [0.15, 0.2) is 53.9 Å². The zero-order chi connectivity index (χ0) is 20.7. The molecule has 2 aromatic heterocycles. The van der Waals surface area contributed by atoms with Gasteiger partial charge in [0.2, 0.25) is 5.91 Å². The quantitative estimate of drug-likeness (QED) is 0.423. The van der Waals surface area contributed by atoms with Crippen LogP contribution >= 0.6 is 11.3 Å². The molecule has 4 aromatic rings. The van der Waals surface area contributed by atoms with Gasteiger partial charge in [0.15, 0.2) is 0 Å². The lowest BCUT2D eigenvalue weighted by atomic mass is 10.1. The van der Waals surface area contributed by atoms with E-state index in [-0.39, 0.29) is 11.5 Å². The molecule has 0 bridgehead atoms. The normalized spacial score (nSPS) is 13.5. The molecule has 1 saturated carbocycles. The number of benzene rings is 2. The van der Waals surface area contributed by atoms with E-state index in [1.807, 2.05) is 41.8 Å². The Bertz CT molecular complexity index is 1290. The van der Waals surface area contributed by atoms with Crippen molar-refractivity contribution < 1.29 is 14.7 Å². The number of carboxylic acids is 1. The van der Waals surface area contributed by atoms with E-state index in [9.17, 15) is 14.7 Å². The zero-order valence-electron chi connectivity index (χ0n) is 16.0. The molecule has 2 aromatic carbocycles. The van der Waals surface area contributed by atoms with Gasteiger partial charge in [-0.3, -0.25) is 4.79 Å². The number of aromatic carboxylic acids is 1. The maximum absolute atomic E-state index is 12.1. The summed E-state index contributed by atoms with van der Waals surface area (Å²) in [6, 6.07) is 15.1. The minimum Gasteiger partial charge on any atom is -0.478 e. The third-order valence-corrected chi connectivity index (χ3v) is 6.09. The highest BCUT2D eigenvalue weighted by Crippen LogP contribution is 2.35. The van der Waals surface area contributed by atoms with Crippen molar-refractivity contribution in [2.24, 2.45) is 0 Å². The van der Waals surface area contributed by atoms with Crippen LogP contribution in [0.4, 0.5) is 11.5 Å². The van der Waals surface area contributed by atoms with Crippen molar-refractivity contribution in [2.75, 3.05) is 5.32 Å². The number of nitrogens with zero attached hydrogens (tertiary/aromatic N) is 1. The second-order valence-corrected chi connectivity index (χ2v) is 8.42. The first-order valence-electron chi connectivity index (χ1n) is 9.76. The number of carbonyl (C=O) groups excluding carboxylic acids is 1. The van der Waals surface area contributed by atoms with Crippen molar-refractivity contribution in [2.45, 2.75) is 25.3 Å². The first-order valence-corrected chi connectivity index (χ1v) is 10.6. The summed E-state index contributed by atoms with van der Waals surface area (Å²) in [6.45, 7) is 0. The molecule has 0 radical (unpaired) electrons. The van der Waals surface area contributed by atoms with Gasteiger partial charge in [-0.2, -0.15) is 0 Å². The Labute approximate surface area is 176 Å². The van der Waals surface area contributed by atoms with E-state index in [0.29, 0.717) is 23.8 Å². The van der Waals surface area contributed by atoms with Crippen LogP contribution in [0.2, 0.25) is 0 Å². The highest BCUT2D eigenvalue weighted by molar-refractivity contribution is 7.18. The molecule has 2 heterocycles. The smallest absolute Gasteiger partial charge is 0.335 e. The second kappa shape index (κ2) is 7.42. The number of anilines is 2. The Kier molecular flexibility index (Phi) is 4.59. The standard InChI is InChI=1S/C23H19N3O3S/c27-20(24-15-5-6-15)11-13-2-1-3-16(10-13)25-22-18-8-9-30-21(18)17-7-4-14(23(28)29)12-19(17)26-22/h1-4,7-10,12,15H,5-6,11H2,(H,24,27)(H,25,26)(H,28,29). The van der Waals surface area contributed by atoms with Gasteiger partial charge in [0.25, 0.3) is 0 Å². The fourth-order valence-corrected chi connectivity index (χ4v) is 4.45. The van der Waals surface area contributed by atoms with Crippen LogP contribution in [0.1, 0.15) is 28.8 Å². The Hall–Kier alpha value is -3.45. The molecule has 3 N–H and O–H groups in total. The van der Waals surface area contributed by atoms with Crippen molar-refractivity contribution in [3.05, 3.63) is 65.0 Å². The van der Waals surface area contributed by atoms with Crippen molar-refractivity contribution in [1.82, 2.24) is 10.3 Å². The van der Waals surface area contributed by atoms with Gasteiger partial charge in [0.1, 0.15) is 5.82 Å². The van der Waals surface area contributed by atoms with Gasteiger partial charge in [-0.1, -0.05) is 18.2 Å². The maximum Gasteiger partial charge on any atom is 0.335 e. The van der Waals surface area contributed by atoms with Crippen LogP contribution < -0.4 is 10.6 Å². The number of carboxylic acid groups (broad SMARTS) is 1. The summed E-state index contributed by atoms with van der Waals surface area (Å²) in [5, 5.41) is 19.6. The van der Waals surface area contributed by atoms with Crippen molar-refractivity contribution >= 4 is 55.7 Å². The van der Waals surface area contributed by atoms with Gasteiger partial charge >= 0.3 is 5.97 Å². The average Bonchev–Trinajstić information content (AvgIpc) is 3.38. The van der Waals surface area contributed by atoms with Crippen LogP contribution in [0, 0.1) is 0 Å². The predicted octanol–water partition coefficient (Wildman–Crippen LogP) is 4.71. The van der Waals surface area contributed by atoms with E-state index in [4.69, 9.17) is 4.98 Å². The first kappa shape index (κ1) is 18.6. The highest BCUT2D eigenvalue weighted by Gasteiger charge is 2.23. The number of nitrogens with one attached hydrogen (secondary N) is 2. The third-order valence-electron chi connectivity index (χ3n) is 5.14. The molecule has 1 aliphatic rings. The van der Waals surface area contributed by atoms with E-state index >= 15 is 0 Å². The second-order valence-electron chi connectivity index (χ2n) is 7.50. The molecule has 1 fully saturated rings. The highest BCUT2D eigenvalue weighted by atomic mass is 32.1. The van der Waals surface area contributed by atoms with Crippen LogP contribution in [-0.4, -0.2) is 28.0 Å². The van der Waals surface area contributed by atoms with Crippen LogP contribution in [-0.2, 0) is 11.2 Å². The zero-order valence-corrected chi connectivity index (χ0v) is 16.8. The first-order chi connectivity index (χ1) is 14.6. The molecule has 150 valence electrons. The van der Waals surface area contributed by atoms with Crippen molar-refractivity contribution in [1.29, 1.82) is 0 Å². The van der Waals surface area contributed by atoms with Crippen LogP contribution in [0.25, 0.3) is 21.0 Å². The van der Waals surface area contributed by atoms with E-state index in [2.05, 4.69) is 10.6 Å². The number of hydrogen-bond acceptors (Lipinski definition) is 5. The molecule has 7 heteroatoms. The number of amides is 1. The monoisotopic (exact) mass is 417 g/mol. The molecule has 0 saturated heterocycles. The average molecular weight is 417 g/mol. The summed E-state index contributed by atoms with van der Waals surface area (Å²) in [5.74, 6) is -0.266. The Morgan fingerprint density at radius 2 is 1.97 bits per heavy atom. The van der Waals surface area contributed by atoms with Crippen molar-refractivity contribution in [3.63, 3.8) is 0 Å². The maximum atomic E-state index is 12.1. The molecule has 5 rings (SSSR count). The predicted molar refractivity (Wildman–Crippen MR) is 119 cm³/mol. The van der Waals surface area contributed by atoms with Gasteiger partial charge in [0.05, 0.1) is 17.5 Å². The van der Waals surface area contributed by atoms with Crippen molar-refractivity contribution in [3.8, 4) is 0 Å². The molecule has 6 nitrogen and oxygen atoms in total. The Balaban J connectivity index is 1.48. The van der Waals surface area contributed by atoms with Crippen LogP contribution in [0.3, 0.4) is 0 Å². The fraction of sp³-hybridized carbons (Fsp3) is 0.174. The van der Waals surface area contributed by atoms with Gasteiger partial charge in [0, 0.05) is 27.2 Å². The fourth-order valence-electron chi connectivity index (χ4n) is 3.52. The lowest BCUT2D eigenvalue weighted by Crippen LogP contribution is -2.26.